The van der Waals surface area contributed by atoms with Crippen LogP contribution in [0, 0.1) is 12.8 Å². The fourth-order valence-electron chi connectivity index (χ4n) is 4.42. The molecule has 2 aliphatic heterocycles. The molecule has 0 spiro atoms. The molecule has 2 aliphatic rings. The summed E-state index contributed by atoms with van der Waals surface area (Å²) in [6.45, 7) is 10.3. The number of piperidine rings is 2. The molecule has 1 aromatic carbocycles. The van der Waals surface area contributed by atoms with Crippen molar-refractivity contribution < 1.29 is 8.42 Å². The lowest BCUT2D eigenvalue weighted by Gasteiger charge is -2.33. The average molecular weight is 450 g/mol. The van der Waals surface area contributed by atoms with Gasteiger partial charge in [-0.15, -0.1) is 0 Å². The number of nitrogens with one attached hydrogen (secondary N) is 2. The van der Waals surface area contributed by atoms with Crippen molar-refractivity contribution >= 4 is 16.0 Å². The molecule has 2 saturated heterocycles. The Balaban J connectivity index is 1.44. The molecule has 0 aliphatic carbocycles. The van der Waals surface area contributed by atoms with Crippen molar-refractivity contribution in [1.82, 2.24) is 19.8 Å². The second-order valence-electron chi connectivity index (χ2n) is 8.95. The second-order valence-corrected chi connectivity index (χ2v) is 10.9. The molecule has 0 aromatic heterocycles. The first-order valence-electron chi connectivity index (χ1n) is 11.6. The third-order valence-corrected chi connectivity index (χ3v) is 7.78. The van der Waals surface area contributed by atoms with E-state index in [4.69, 9.17) is 4.99 Å². The zero-order valence-corrected chi connectivity index (χ0v) is 20.1. The Hall–Kier alpha value is -1.64. The van der Waals surface area contributed by atoms with Gasteiger partial charge in [-0.05, 0) is 56.6 Å². The Bertz CT molecular complexity index is 826. The van der Waals surface area contributed by atoms with E-state index in [-0.39, 0.29) is 0 Å². The number of nitrogens with zero attached hydrogens (tertiary/aromatic N) is 3. The maximum atomic E-state index is 11.7. The number of benzene rings is 1. The predicted molar refractivity (Wildman–Crippen MR) is 128 cm³/mol. The molecule has 2 fully saturated rings. The number of rotatable bonds is 7. The maximum absolute atomic E-state index is 11.7. The zero-order valence-electron chi connectivity index (χ0n) is 19.3. The van der Waals surface area contributed by atoms with Crippen LogP contribution in [0.5, 0.6) is 0 Å². The van der Waals surface area contributed by atoms with Gasteiger partial charge in [0.2, 0.25) is 10.0 Å². The molecule has 7 nitrogen and oxygen atoms in total. The third kappa shape index (κ3) is 7.47. The molecule has 0 atom stereocenters. The highest BCUT2D eigenvalue weighted by Crippen LogP contribution is 2.20. The summed E-state index contributed by atoms with van der Waals surface area (Å²) >= 11 is 0. The van der Waals surface area contributed by atoms with Crippen LogP contribution in [0.4, 0.5) is 0 Å². The van der Waals surface area contributed by atoms with E-state index in [1.54, 1.807) is 4.31 Å². The molecular formula is C23H39N5O2S. The molecule has 0 unspecified atom stereocenters. The lowest BCUT2D eigenvalue weighted by Crippen LogP contribution is -2.48. The lowest BCUT2D eigenvalue weighted by molar-refractivity contribution is 0.198. The quantitative estimate of drug-likeness (QED) is 0.493. The van der Waals surface area contributed by atoms with E-state index in [1.807, 2.05) is 0 Å². The van der Waals surface area contributed by atoms with Crippen molar-refractivity contribution in [3.8, 4) is 0 Å². The minimum absolute atomic E-state index is 0.443. The third-order valence-electron chi connectivity index (χ3n) is 6.48. The summed E-state index contributed by atoms with van der Waals surface area (Å²) < 4.78 is 24.9. The van der Waals surface area contributed by atoms with Gasteiger partial charge in [0.15, 0.2) is 5.96 Å². The molecule has 2 N–H and O–H groups in total. The summed E-state index contributed by atoms with van der Waals surface area (Å²) in [4.78, 5) is 7.37. The van der Waals surface area contributed by atoms with Crippen molar-refractivity contribution in [3.63, 3.8) is 0 Å². The molecular weight excluding hydrogens is 410 g/mol. The molecule has 0 bridgehead atoms. The molecule has 1 aromatic rings. The smallest absolute Gasteiger partial charge is 0.211 e. The summed E-state index contributed by atoms with van der Waals surface area (Å²) in [6, 6.07) is 9.09. The van der Waals surface area contributed by atoms with Gasteiger partial charge in [-0.25, -0.2) is 12.7 Å². The van der Waals surface area contributed by atoms with Gasteiger partial charge in [0.05, 0.1) is 6.26 Å². The van der Waals surface area contributed by atoms with Crippen LogP contribution in [-0.4, -0.2) is 75.1 Å². The van der Waals surface area contributed by atoms with Crippen LogP contribution in [0.15, 0.2) is 29.3 Å². The fraction of sp³-hybridized carbons (Fsp3) is 0.696. The van der Waals surface area contributed by atoms with Gasteiger partial charge in [-0.3, -0.25) is 9.89 Å². The van der Waals surface area contributed by atoms with Gasteiger partial charge in [-0.1, -0.05) is 24.3 Å². The number of aryl methyl sites for hydroxylation is 1. The van der Waals surface area contributed by atoms with Crippen LogP contribution in [0.25, 0.3) is 0 Å². The second kappa shape index (κ2) is 11.3. The van der Waals surface area contributed by atoms with Gasteiger partial charge in [-0.2, -0.15) is 0 Å². The van der Waals surface area contributed by atoms with Crippen molar-refractivity contribution in [3.05, 3.63) is 35.4 Å². The Labute approximate surface area is 188 Å². The van der Waals surface area contributed by atoms with Crippen LogP contribution < -0.4 is 10.6 Å². The van der Waals surface area contributed by atoms with E-state index in [0.717, 1.165) is 64.4 Å². The first kappa shape index (κ1) is 24.0. The van der Waals surface area contributed by atoms with Gasteiger partial charge < -0.3 is 10.6 Å². The predicted octanol–water partition coefficient (Wildman–Crippen LogP) is 2.19. The number of likely N-dealkylation sites (tertiary alicyclic amines) is 1. The minimum Gasteiger partial charge on any atom is -0.357 e. The van der Waals surface area contributed by atoms with E-state index in [9.17, 15) is 8.42 Å². The number of hydrogen-bond donors (Lipinski definition) is 2. The van der Waals surface area contributed by atoms with E-state index < -0.39 is 10.0 Å². The molecule has 174 valence electrons. The SMILES string of the molecule is CCNC(=NCC1CCN(S(C)(=O)=O)CC1)NC1CCN(Cc2ccccc2C)CC1. The summed E-state index contributed by atoms with van der Waals surface area (Å²) in [5.41, 5.74) is 2.79. The zero-order chi connectivity index (χ0) is 22.3. The van der Waals surface area contributed by atoms with Crippen molar-refractivity contribution in [2.24, 2.45) is 10.9 Å². The standard InChI is InChI=1S/C23H39N5O2S/c1-4-24-23(25-17-20-9-15-28(16-10-20)31(3,29)30)26-22-11-13-27(14-12-22)18-21-8-6-5-7-19(21)2/h5-8,20,22H,4,9-18H2,1-3H3,(H2,24,25,26). The van der Waals surface area contributed by atoms with Crippen LogP contribution in [0.2, 0.25) is 0 Å². The summed E-state index contributed by atoms with van der Waals surface area (Å²) in [7, 11) is -3.07. The van der Waals surface area contributed by atoms with Crippen molar-refractivity contribution in [1.29, 1.82) is 0 Å². The van der Waals surface area contributed by atoms with Crippen LogP contribution >= 0.6 is 0 Å². The number of guanidine groups is 1. The number of sulfonamides is 1. The summed E-state index contributed by atoms with van der Waals surface area (Å²) in [6.07, 6.45) is 5.29. The highest BCUT2D eigenvalue weighted by molar-refractivity contribution is 7.88. The Kier molecular flexibility index (Phi) is 8.75. The maximum Gasteiger partial charge on any atom is 0.211 e. The van der Waals surface area contributed by atoms with E-state index in [0.29, 0.717) is 25.0 Å². The van der Waals surface area contributed by atoms with Gasteiger partial charge in [0, 0.05) is 51.9 Å². The highest BCUT2D eigenvalue weighted by atomic mass is 32.2. The van der Waals surface area contributed by atoms with E-state index in [1.165, 1.54) is 17.4 Å². The van der Waals surface area contributed by atoms with Crippen LogP contribution in [0.3, 0.4) is 0 Å². The summed E-state index contributed by atoms with van der Waals surface area (Å²) in [5.74, 6) is 1.34. The monoisotopic (exact) mass is 449 g/mol. The van der Waals surface area contributed by atoms with Crippen molar-refractivity contribution in [2.45, 2.75) is 52.1 Å². The van der Waals surface area contributed by atoms with Gasteiger partial charge in [0.25, 0.3) is 0 Å². The lowest BCUT2D eigenvalue weighted by atomic mass is 9.98. The molecule has 0 radical (unpaired) electrons. The average Bonchev–Trinajstić information content (AvgIpc) is 2.75. The summed E-state index contributed by atoms with van der Waals surface area (Å²) in [5, 5.41) is 7.01. The molecule has 3 rings (SSSR count). The Morgan fingerprint density at radius 2 is 1.77 bits per heavy atom. The van der Waals surface area contributed by atoms with E-state index >= 15 is 0 Å². The van der Waals surface area contributed by atoms with E-state index in [2.05, 4.69) is 53.6 Å². The topological polar surface area (TPSA) is 77.0 Å². The number of hydrogen-bond acceptors (Lipinski definition) is 4. The molecule has 8 heteroatoms. The number of aliphatic imine (C=N–C) groups is 1. The normalized spacial score (nSPS) is 20.7. The fourth-order valence-corrected chi connectivity index (χ4v) is 5.30. The first-order chi connectivity index (χ1) is 14.8. The molecule has 0 amide bonds. The van der Waals surface area contributed by atoms with Crippen LogP contribution in [0.1, 0.15) is 43.7 Å². The Morgan fingerprint density at radius 1 is 1.10 bits per heavy atom. The first-order valence-corrected chi connectivity index (χ1v) is 13.5. The largest absolute Gasteiger partial charge is 0.357 e. The molecule has 31 heavy (non-hydrogen) atoms. The van der Waals surface area contributed by atoms with Gasteiger partial charge >= 0.3 is 0 Å². The minimum atomic E-state index is -3.07. The van der Waals surface area contributed by atoms with Crippen LogP contribution in [-0.2, 0) is 16.6 Å². The molecule has 2 heterocycles. The highest BCUT2D eigenvalue weighted by Gasteiger charge is 2.25. The van der Waals surface area contributed by atoms with Gasteiger partial charge in [0.1, 0.15) is 0 Å². The molecule has 0 saturated carbocycles. The Morgan fingerprint density at radius 3 is 2.39 bits per heavy atom. The van der Waals surface area contributed by atoms with Crippen molar-refractivity contribution in [2.75, 3.05) is 45.5 Å².